The third-order valence-electron chi connectivity index (χ3n) is 5.46. The number of fused-ring (bicyclic) bond motifs is 1. The SMILES string of the molecule is CCOc1ccc(S(=O)(=O)N2CCC[C@H](C(=O)Nc3ccc4sncc4c3)C2)cc1C. The fraction of sp³-hybridized carbons (Fsp3) is 0.364. The zero-order chi connectivity index (χ0) is 22.0. The van der Waals surface area contributed by atoms with Crippen LogP contribution in [0.4, 0.5) is 5.69 Å². The Morgan fingerprint density at radius 2 is 2.13 bits per heavy atom. The summed E-state index contributed by atoms with van der Waals surface area (Å²) in [5, 5.41) is 3.91. The van der Waals surface area contributed by atoms with Gasteiger partial charge in [0.05, 0.1) is 22.1 Å². The van der Waals surface area contributed by atoms with E-state index < -0.39 is 15.9 Å². The Bertz CT molecular complexity index is 1210. The molecular formula is C22H25N3O4S2. The van der Waals surface area contributed by atoms with Gasteiger partial charge in [-0.25, -0.2) is 8.42 Å². The lowest BCUT2D eigenvalue weighted by Crippen LogP contribution is -2.43. The summed E-state index contributed by atoms with van der Waals surface area (Å²) in [4.78, 5) is 13.1. The second-order valence-corrected chi connectivity index (χ2v) is 10.4. The Hall–Kier alpha value is -2.49. The fourth-order valence-corrected chi connectivity index (χ4v) is 6.05. The molecule has 1 amide bonds. The van der Waals surface area contributed by atoms with Crippen molar-refractivity contribution in [1.29, 1.82) is 0 Å². The quantitative estimate of drug-likeness (QED) is 0.601. The number of nitrogens with one attached hydrogen (secondary N) is 1. The van der Waals surface area contributed by atoms with E-state index in [1.165, 1.54) is 15.8 Å². The van der Waals surface area contributed by atoms with Crippen molar-refractivity contribution in [2.45, 2.75) is 31.6 Å². The molecule has 31 heavy (non-hydrogen) atoms. The molecule has 164 valence electrons. The van der Waals surface area contributed by atoms with Gasteiger partial charge in [-0.3, -0.25) is 4.79 Å². The molecule has 1 saturated heterocycles. The minimum atomic E-state index is -3.69. The van der Waals surface area contributed by atoms with Crippen molar-refractivity contribution in [3.63, 3.8) is 0 Å². The van der Waals surface area contributed by atoms with Gasteiger partial charge in [-0.2, -0.15) is 8.68 Å². The lowest BCUT2D eigenvalue weighted by Gasteiger charge is -2.31. The van der Waals surface area contributed by atoms with Crippen LogP contribution in [0, 0.1) is 12.8 Å². The summed E-state index contributed by atoms with van der Waals surface area (Å²) in [6.45, 7) is 4.81. The minimum absolute atomic E-state index is 0.162. The molecule has 2 aromatic carbocycles. The van der Waals surface area contributed by atoms with E-state index in [1.807, 2.05) is 32.0 Å². The van der Waals surface area contributed by atoms with Gasteiger partial charge in [-0.15, -0.1) is 0 Å². The van der Waals surface area contributed by atoms with Gasteiger partial charge in [0.25, 0.3) is 0 Å². The number of amides is 1. The van der Waals surface area contributed by atoms with Crippen molar-refractivity contribution in [3.05, 3.63) is 48.2 Å². The molecule has 9 heteroatoms. The summed E-state index contributed by atoms with van der Waals surface area (Å²) < 4.78 is 38.5. The highest BCUT2D eigenvalue weighted by molar-refractivity contribution is 7.89. The summed E-state index contributed by atoms with van der Waals surface area (Å²) in [6, 6.07) is 10.5. The molecule has 3 aromatic rings. The second kappa shape index (κ2) is 8.94. The smallest absolute Gasteiger partial charge is 0.243 e. The van der Waals surface area contributed by atoms with Crippen LogP contribution in [-0.4, -0.2) is 42.7 Å². The molecule has 1 N–H and O–H groups in total. The first kappa shape index (κ1) is 21.7. The van der Waals surface area contributed by atoms with E-state index in [1.54, 1.807) is 24.4 Å². The van der Waals surface area contributed by atoms with E-state index in [2.05, 4.69) is 9.69 Å². The molecule has 1 aromatic heterocycles. The number of rotatable bonds is 6. The van der Waals surface area contributed by atoms with Crippen LogP contribution in [0.5, 0.6) is 5.75 Å². The largest absolute Gasteiger partial charge is 0.494 e. The van der Waals surface area contributed by atoms with Crippen molar-refractivity contribution in [2.24, 2.45) is 5.92 Å². The number of hydrogen-bond acceptors (Lipinski definition) is 6. The van der Waals surface area contributed by atoms with E-state index >= 15 is 0 Å². The van der Waals surface area contributed by atoms with E-state index in [0.717, 1.165) is 15.6 Å². The van der Waals surface area contributed by atoms with Crippen LogP contribution in [0.1, 0.15) is 25.3 Å². The van der Waals surface area contributed by atoms with E-state index in [4.69, 9.17) is 4.74 Å². The predicted octanol–water partition coefficient (Wildman–Crippen LogP) is 4.04. The summed E-state index contributed by atoms with van der Waals surface area (Å²) in [6.07, 6.45) is 3.06. The molecular weight excluding hydrogens is 434 g/mol. The maximum Gasteiger partial charge on any atom is 0.243 e. The first-order valence-corrected chi connectivity index (χ1v) is 12.5. The van der Waals surface area contributed by atoms with E-state index in [0.29, 0.717) is 37.4 Å². The minimum Gasteiger partial charge on any atom is -0.494 e. The number of hydrogen-bond donors (Lipinski definition) is 1. The van der Waals surface area contributed by atoms with Crippen LogP contribution in [0.3, 0.4) is 0 Å². The van der Waals surface area contributed by atoms with Gasteiger partial charge in [-0.1, -0.05) is 0 Å². The second-order valence-electron chi connectivity index (χ2n) is 7.63. The van der Waals surface area contributed by atoms with Crippen molar-refractivity contribution in [2.75, 3.05) is 25.0 Å². The number of nitrogens with zero attached hydrogens (tertiary/aromatic N) is 2. The van der Waals surface area contributed by atoms with Crippen molar-refractivity contribution in [1.82, 2.24) is 8.68 Å². The highest BCUT2D eigenvalue weighted by Crippen LogP contribution is 2.28. The molecule has 1 fully saturated rings. The summed E-state index contributed by atoms with van der Waals surface area (Å²) in [5.74, 6) is 0.115. The number of anilines is 1. The molecule has 1 aliphatic heterocycles. The third kappa shape index (κ3) is 4.58. The average Bonchev–Trinajstić information content (AvgIpc) is 3.23. The highest BCUT2D eigenvalue weighted by Gasteiger charge is 2.33. The van der Waals surface area contributed by atoms with Gasteiger partial charge >= 0.3 is 0 Å². The normalized spacial score (nSPS) is 17.5. The van der Waals surface area contributed by atoms with Crippen LogP contribution in [0.2, 0.25) is 0 Å². The predicted molar refractivity (Wildman–Crippen MR) is 122 cm³/mol. The number of ether oxygens (including phenoxy) is 1. The average molecular weight is 460 g/mol. The van der Waals surface area contributed by atoms with Crippen LogP contribution in [0.15, 0.2) is 47.5 Å². The summed E-state index contributed by atoms with van der Waals surface area (Å²) in [7, 11) is -3.69. The topological polar surface area (TPSA) is 88.6 Å². The van der Waals surface area contributed by atoms with Gasteiger partial charge in [0.15, 0.2) is 0 Å². The number of aromatic nitrogens is 1. The molecule has 1 aliphatic rings. The molecule has 0 bridgehead atoms. The molecule has 1 atom stereocenters. The molecule has 0 saturated carbocycles. The lowest BCUT2D eigenvalue weighted by atomic mass is 9.98. The highest BCUT2D eigenvalue weighted by atomic mass is 32.2. The molecule has 0 unspecified atom stereocenters. The Labute approximate surface area is 186 Å². The zero-order valence-electron chi connectivity index (χ0n) is 17.5. The van der Waals surface area contributed by atoms with Crippen LogP contribution >= 0.6 is 11.5 Å². The van der Waals surface area contributed by atoms with Gasteiger partial charge in [0, 0.05) is 30.4 Å². The first-order valence-electron chi connectivity index (χ1n) is 10.3. The number of sulfonamides is 1. The molecule has 4 rings (SSSR count). The number of piperidine rings is 1. The van der Waals surface area contributed by atoms with Crippen molar-refractivity contribution in [3.8, 4) is 5.75 Å². The standard InChI is InChI=1S/C22H25N3O4S2/c1-3-29-20-8-7-19(11-15(20)2)31(27,28)25-10-4-5-16(14-25)22(26)24-18-6-9-21-17(12-18)13-23-30-21/h6-9,11-13,16H,3-5,10,14H2,1-2H3,(H,24,26)/t16-/m0/s1. The molecule has 0 spiro atoms. The molecule has 2 heterocycles. The maximum absolute atomic E-state index is 13.2. The van der Waals surface area contributed by atoms with Gasteiger partial charge in [-0.05, 0) is 80.2 Å². The van der Waals surface area contributed by atoms with Gasteiger partial charge < -0.3 is 10.1 Å². The monoisotopic (exact) mass is 459 g/mol. The Kier molecular flexibility index (Phi) is 6.27. The van der Waals surface area contributed by atoms with Crippen LogP contribution in [0.25, 0.3) is 10.1 Å². The Morgan fingerprint density at radius 1 is 1.29 bits per heavy atom. The van der Waals surface area contributed by atoms with E-state index in [9.17, 15) is 13.2 Å². The third-order valence-corrected chi connectivity index (χ3v) is 8.10. The fourth-order valence-electron chi connectivity index (χ4n) is 3.82. The molecule has 0 radical (unpaired) electrons. The van der Waals surface area contributed by atoms with Crippen molar-refractivity contribution < 1.29 is 17.9 Å². The first-order chi connectivity index (χ1) is 14.9. The van der Waals surface area contributed by atoms with Crippen molar-refractivity contribution >= 4 is 43.2 Å². The summed E-state index contributed by atoms with van der Waals surface area (Å²) >= 11 is 1.40. The zero-order valence-corrected chi connectivity index (χ0v) is 19.1. The van der Waals surface area contributed by atoms with Gasteiger partial charge in [0.2, 0.25) is 15.9 Å². The number of aryl methyl sites for hydroxylation is 1. The Morgan fingerprint density at radius 3 is 2.90 bits per heavy atom. The van der Waals surface area contributed by atoms with Crippen LogP contribution < -0.4 is 10.1 Å². The van der Waals surface area contributed by atoms with Gasteiger partial charge in [0.1, 0.15) is 5.75 Å². The number of carbonyl (C=O) groups is 1. The molecule has 7 nitrogen and oxygen atoms in total. The number of carbonyl (C=O) groups excluding carboxylic acids is 1. The molecule has 0 aliphatic carbocycles. The van der Waals surface area contributed by atoms with E-state index in [-0.39, 0.29) is 17.3 Å². The Balaban J connectivity index is 1.48. The van der Waals surface area contributed by atoms with Crippen LogP contribution in [-0.2, 0) is 14.8 Å². The summed E-state index contributed by atoms with van der Waals surface area (Å²) in [5.41, 5.74) is 1.47. The number of benzene rings is 2. The maximum atomic E-state index is 13.2. The lowest BCUT2D eigenvalue weighted by molar-refractivity contribution is -0.120.